The number of nitrogens with one attached hydrogen (secondary N) is 2. The molecule has 1 heterocycles. The Labute approximate surface area is 122 Å². The highest BCUT2D eigenvalue weighted by Crippen LogP contribution is 2.31. The Morgan fingerprint density at radius 3 is 3.10 bits per heavy atom. The first-order chi connectivity index (χ1) is 9.56. The first-order valence-electron chi connectivity index (χ1n) is 6.59. The van der Waals surface area contributed by atoms with Gasteiger partial charge in [-0.25, -0.2) is 0 Å². The minimum absolute atomic E-state index is 0.0445. The van der Waals surface area contributed by atoms with Crippen LogP contribution in [0.15, 0.2) is 23.1 Å². The standard InChI is InChI=1S/C14H18N2O3S/c1-9(17)3-2-6-15-14(19)10-4-5-12-11(7-10)16-13(18)8-20-12/h4-5,7,9,17H,2-3,6,8H2,1H3,(H,15,19)(H,16,18). The van der Waals surface area contributed by atoms with E-state index in [0.29, 0.717) is 30.0 Å². The lowest BCUT2D eigenvalue weighted by Crippen LogP contribution is -2.25. The molecular weight excluding hydrogens is 276 g/mol. The molecule has 1 aliphatic rings. The molecule has 0 aromatic heterocycles. The van der Waals surface area contributed by atoms with Crippen molar-refractivity contribution in [2.24, 2.45) is 0 Å². The van der Waals surface area contributed by atoms with Crippen LogP contribution in [0.4, 0.5) is 5.69 Å². The zero-order chi connectivity index (χ0) is 14.5. The van der Waals surface area contributed by atoms with Gasteiger partial charge in [0.2, 0.25) is 5.91 Å². The molecule has 1 aliphatic heterocycles. The van der Waals surface area contributed by atoms with Crippen LogP contribution < -0.4 is 10.6 Å². The maximum Gasteiger partial charge on any atom is 0.251 e. The first kappa shape index (κ1) is 14.9. The number of rotatable bonds is 5. The number of carbonyl (C=O) groups excluding carboxylic acids is 2. The summed E-state index contributed by atoms with van der Waals surface area (Å²) in [6.07, 6.45) is 1.06. The average Bonchev–Trinajstić information content (AvgIpc) is 2.42. The topological polar surface area (TPSA) is 78.4 Å². The fourth-order valence-corrected chi connectivity index (χ4v) is 2.71. The van der Waals surface area contributed by atoms with Crippen molar-refractivity contribution < 1.29 is 14.7 Å². The summed E-state index contributed by atoms with van der Waals surface area (Å²) in [5.41, 5.74) is 1.23. The molecular formula is C14H18N2O3S. The fourth-order valence-electron chi connectivity index (χ4n) is 1.93. The summed E-state index contributed by atoms with van der Waals surface area (Å²) < 4.78 is 0. The summed E-state index contributed by atoms with van der Waals surface area (Å²) in [6, 6.07) is 5.31. The van der Waals surface area contributed by atoms with Crippen molar-refractivity contribution in [3.63, 3.8) is 0 Å². The number of anilines is 1. The van der Waals surface area contributed by atoms with Crippen LogP contribution >= 0.6 is 11.8 Å². The van der Waals surface area contributed by atoms with Gasteiger partial charge in [0.05, 0.1) is 17.5 Å². The van der Waals surface area contributed by atoms with Crippen molar-refractivity contribution in [2.45, 2.75) is 30.8 Å². The SMILES string of the molecule is CC(O)CCCNC(=O)c1ccc2c(c1)NC(=O)CS2. The number of amides is 2. The molecule has 20 heavy (non-hydrogen) atoms. The predicted molar refractivity (Wildman–Crippen MR) is 79.0 cm³/mol. The van der Waals surface area contributed by atoms with Gasteiger partial charge in [0.15, 0.2) is 0 Å². The summed E-state index contributed by atoms with van der Waals surface area (Å²) >= 11 is 1.47. The molecule has 0 spiro atoms. The summed E-state index contributed by atoms with van der Waals surface area (Å²) in [5, 5.41) is 14.7. The second-order valence-corrected chi connectivity index (χ2v) is 5.81. The van der Waals surface area contributed by atoms with Gasteiger partial charge in [-0.2, -0.15) is 0 Å². The van der Waals surface area contributed by atoms with Crippen LogP contribution in [-0.4, -0.2) is 35.3 Å². The largest absolute Gasteiger partial charge is 0.393 e. The van der Waals surface area contributed by atoms with E-state index < -0.39 is 0 Å². The number of aliphatic hydroxyl groups is 1. The Bertz CT molecular complexity index is 517. The van der Waals surface area contributed by atoms with E-state index in [0.717, 1.165) is 11.3 Å². The van der Waals surface area contributed by atoms with Crippen LogP contribution in [0, 0.1) is 0 Å². The molecule has 1 unspecified atom stereocenters. The molecule has 3 N–H and O–H groups in total. The van der Waals surface area contributed by atoms with Crippen molar-refractivity contribution in [1.82, 2.24) is 5.32 Å². The molecule has 0 saturated carbocycles. The smallest absolute Gasteiger partial charge is 0.251 e. The highest BCUT2D eigenvalue weighted by Gasteiger charge is 2.17. The minimum atomic E-state index is -0.345. The minimum Gasteiger partial charge on any atom is -0.393 e. The molecule has 5 nitrogen and oxygen atoms in total. The zero-order valence-electron chi connectivity index (χ0n) is 11.3. The maximum absolute atomic E-state index is 12.0. The van der Waals surface area contributed by atoms with Crippen molar-refractivity contribution in [1.29, 1.82) is 0 Å². The molecule has 1 aromatic rings. The second-order valence-electron chi connectivity index (χ2n) is 4.79. The molecule has 0 fully saturated rings. The van der Waals surface area contributed by atoms with Gasteiger partial charge in [0.1, 0.15) is 0 Å². The normalized spacial score (nSPS) is 15.2. The number of carbonyl (C=O) groups is 2. The highest BCUT2D eigenvalue weighted by atomic mass is 32.2. The van der Waals surface area contributed by atoms with Gasteiger partial charge in [-0.05, 0) is 38.0 Å². The van der Waals surface area contributed by atoms with Gasteiger partial charge >= 0.3 is 0 Å². The summed E-state index contributed by atoms with van der Waals surface area (Å²) in [6.45, 7) is 2.26. The number of hydrogen-bond acceptors (Lipinski definition) is 4. The third-order valence-electron chi connectivity index (χ3n) is 2.96. The molecule has 1 atom stereocenters. The van der Waals surface area contributed by atoms with Gasteiger partial charge in [-0.1, -0.05) is 0 Å². The van der Waals surface area contributed by atoms with E-state index >= 15 is 0 Å². The monoisotopic (exact) mass is 294 g/mol. The Hall–Kier alpha value is -1.53. The first-order valence-corrected chi connectivity index (χ1v) is 7.58. The van der Waals surface area contributed by atoms with E-state index in [9.17, 15) is 9.59 Å². The Kier molecular flexibility index (Phi) is 5.03. The van der Waals surface area contributed by atoms with Crippen LogP contribution in [0.2, 0.25) is 0 Å². The van der Waals surface area contributed by atoms with E-state index in [2.05, 4.69) is 10.6 Å². The third kappa shape index (κ3) is 3.98. The molecule has 2 amide bonds. The lowest BCUT2D eigenvalue weighted by atomic mass is 10.1. The second kappa shape index (κ2) is 6.76. The lowest BCUT2D eigenvalue weighted by molar-refractivity contribution is -0.113. The van der Waals surface area contributed by atoms with Crippen molar-refractivity contribution in [3.05, 3.63) is 23.8 Å². The maximum atomic E-state index is 12.0. The van der Waals surface area contributed by atoms with Crippen LogP contribution in [0.3, 0.4) is 0 Å². The molecule has 6 heteroatoms. The molecule has 0 aliphatic carbocycles. The Morgan fingerprint density at radius 1 is 1.55 bits per heavy atom. The number of fused-ring (bicyclic) bond motifs is 1. The average molecular weight is 294 g/mol. The third-order valence-corrected chi connectivity index (χ3v) is 4.03. The predicted octanol–water partition coefficient (Wildman–Crippen LogP) is 1.62. The van der Waals surface area contributed by atoms with E-state index in [1.54, 1.807) is 19.1 Å². The number of thioether (sulfide) groups is 1. The zero-order valence-corrected chi connectivity index (χ0v) is 12.1. The van der Waals surface area contributed by atoms with E-state index in [4.69, 9.17) is 5.11 Å². The summed E-state index contributed by atoms with van der Waals surface area (Å²) in [7, 11) is 0. The van der Waals surface area contributed by atoms with Crippen molar-refractivity contribution in [3.8, 4) is 0 Å². The molecule has 0 radical (unpaired) electrons. The Balaban J connectivity index is 1.93. The molecule has 2 rings (SSSR count). The lowest BCUT2D eigenvalue weighted by Gasteiger charge is -2.17. The van der Waals surface area contributed by atoms with Gasteiger partial charge < -0.3 is 15.7 Å². The van der Waals surface area contributed by atoms with E-state index in [-0.39, 0.29) is 17.9 Å². The quantitative estimate of drug-likeness (QED) is 0.721. The molecule has 1 aromatic carbocycles. The van der Waals surface area contributed by atoms with E-state index in [1.807, 2.05) is 6.07 Å². The van der Waals surface area contributed by atoms with Crippen LogP contribution in [0.1, 0.15) is 30.1 Å². The van der Waals surface area contributed by atoms with Crippen LogP contribution in [-0.2, 0) is 4.79 Å². The number of hydrogen-bond donors (Lipinski definition) is 3. The Morgan fingerprint density at radius 2 is 2.35 bits per heavy atom. The molecule has 0 saturated heterocycles. The van der Waals surface area contributed by atoms with E-state index in [1.165, 1.54) is 11.8 Å². The molecule has 0 bridgehead atoms. The van der Waals surface area contributed by atoms with Crippen LogP contribution in [0.25, 0.3) is 0 Å². The number of benzene rings is 1. The highest BCUT2D eigenvalue weighted by molar-refractivity contribution is 8.00. The summed E-state index contributed by atoms with van der Waals surface area (Å²) in [5.74, 6) is 0.206. The van der Waals surface area contributed by atoms with Crippen LogP contribution in [0.5, 0.6) is 0 Å². The van der Waals surface area contributed by atoms with Gasteiger partial charge in [-0.3, -0.25) is 9.59 Å². The fraction of sp³-hybridized carbons (Fsp3) is 0.429. The van der Waals surface area contributed by atoms with Gasteiger partial charge in [0, 0.05) is 17.0 Å². The molecule has 108 valence electrons. The van der Waals surface area contributed by atoms with Gasteiger partial charge in [-0.15, -0.1) is 11.8 Å². The summed E-state index contributed by atoms with van der Waals surface area (Å²) in [4.78, 5) is 24.3. The number of aliphatic hydroxyl groups excluding tert-OH is 1. The van der Waals surface area contributed by atoms with Gasteiger partial charge in [0.25, 0.3) is 5.91 Å². The van der Waals surface area contributed by atoms with Crippen molar-refractivity contribution in [2.75, 3.05) is 17.6 Å². The van der Waals surface area contributed by atoms with Crippen molar-refractivity contribution >= 4 is 29.3 Å².